The average molecular weight is 316 g/mol. The van der Waals surface area contributed by atoms with E-state index in [0.717, 1.165) is 17.5 Å². The monoisotopic (exact) mass is 316 g/mol. The number of rotatable bonds is 2. The molecule has 0 spiro atoms. The van der Waals surface area contributed by atoms with Gasteiger partial charge in [-0.1, -0.05) is 0 Å². The Bertz CT molecular complexity index is 849. The van der Waals surface area contributed by atoms with E-state index in [2.05, 4.69) is 5.32 Å². The predicted molar refractivity (Wildman–Crippen MR) is 87.2 cm³/mol. The highest BCUT2D eigenvalue weighted by Crippen LogP contribution is 2.21. The zero-order valence-electron chi connectivity index (χ0n) is 13.5. The van der Waals surface area contributed by atoms with Crippen molar-refractivity contribution < 1.29 is 9.59 Å². The van der Waals surface area contributed by atoms with Crippen molar-refractivity contribution >= 4 is 28.5 Å². The second-order valence-electron chi connectivity index (χ2n) is 5.96. The summed E-state index contributed by atoms with van der Waals surface area (Å²) in [4.78, 5) is 37.6. The number of nitrogens with one attached hydrogen (secondary N) is 1. The van der Waals surface area contributed by atoms with Crippen molar-refractivity contribution in [1.82, 2.24) is 14.0 Å². The smallest absolute Gasteiger partial charge is 0.328 e. The van der Waals surface area contributed by atoms with Crippen LogP contribution in [0, 0.1) is 0 Å². The first-order valence-electron chi connectivity index (χ1n) is 7.63. The van der Waals surface area contributed by atoms with Crippen LogP contribution in [0.3, 0.4) is 0 Å². The van der Waals surface area contributed by atoms with Crippen LogP contribution >= 0.6 is 0 Å². The Kier molecular flexibility index (Phi) is 3.71. The maximum Gasteiger partial charge on any atom is 0.328 e. The van der Waals surface area contributed by atoms with E-state index in [9.17, 15) is 14.4 Å². The van der Waals surface area contributed by atoms with Crippen LogP contribution in [-0.2, 0) is 23.7 Å². The molecule has 2 amide bonds. The normalized spacial score (nSPS) is 17.7. The largest absolute Gasteiger partial charge is 0.331 e. The number of aryl methyl sites for hydroxylation is 2. The summed E-state index contributed by atoms with van der Waals surface area (Å²) >= 11 is 0. The van der Waals surface area contributed by atoms with Gasteiger partial charge in [0.05, 0.1) is 11.0 Å². The van der Waals surface area contributed by atoms with Gasteiger partial charge in [0.1, 0.15) is 6.04 Å². The molecule has 1 aliphatic heterocycles. The fourth-order valence-electron chi connectivity index (χ4n) is 3.23. The van der Waals surface area contributed by atoms with Crippen LogP contribution < -0.4 is 11.0 Å². The molecule has 1 aliphatic rings. The molecule has 1 aromatic carbocycles. The molecule has 2 heterocycles. The second-order valence-corrected chi connectivity index (χ2v) is 5.96. The summed E-state index contributed by atoms with van der Waals surface area (Å²) in [6.07, 6.45) is 1.52. The molecule has 7 heteroatoms. The van der Waals surface area contributed by atoms with Crippen LogP contribution in [0.25, 0.3) is 11.0 Å². The van der Waals surface area contributed by atoms with E-state index in [0.29, 0.717) is 18.7 Å². The van der Waals surface area contributed by atoms with Crippen molar-refractivity contribution in [2.45, 2.75) is 25.8 Å². The Morgan fingerprint density at radius 2 is 1.87 bits per heavy atom. The third kappa shape index (κ3) is 2.52. The molecule has 0 aliphatic carbocycles. The van der Waals surface area contributed by atoms with Crippen molar-refractivity contribution in [1.29, 1.82) is 0 Å². The number of imidazole rings is 1. The lowest BCUT2D eigenvalue weighted by Crippen LogP contribution is -2.42. The van der Waals surface area contributed by atoms with Crippen LogP contribution in [0.15, 0.2) is 23.0 Å². The SMILES string of the molecule is CC(=O)N1CCCC1C(=O)Nc1ccc2c(c1)n(C)c(=O)n2C. The first kappa shape index (κ1) is 15.3. The van der Waals surface area contributed by atoms with E-state index in [1.807, 2.05) is 6.07 Å². The Balaban J connectivity index is 1.87. The fraction of sp³-hybridized carbons (Fsp3) is 0.438. The van der Waals surface area contributed by atoms with Gasteiger partial charge in [0.15, 0.2) is 0 Å². The van der Waals surface area contributed by atoms with Crippen LogP contribution in [0.2, 0.25) is 0 Å². The standard InChI is InChI=1S/C16H20N4O3/c1-10(21)20-8-4-5-13(20)15(22)17-11-6-7-12-14(9-11)19(3)16(23)18(12)2/h6-7,9,13H,4-5,8H2,1-3H3,(H,17,22). The summed E-state index contributed by atoms with van der Waals surface area (Å²) in [6.45, 7) is 2.11. The number of carbonyl (C=O) groups is 2. The number of hydrogen-bond acceptors (Lipinski definition) is 3. The van der Waals surface area contributed by atoms with Crippen LogP contribution in [-0.4, -0.2) is 38.4 Å². The number of hydrogen-bond donors (Lipinski definition) is 1. The molecule has 0 saturated carbocycles. The topological polar surface area (TPSA) is 76.3 Å². The van der Waals surface area contributed by atoms with Gasteiger partial charge in [-0.3, -0.25) is 18.7 Å². The first-order valence-corrected chi connectivity index (χ1v) is 7.63. The maximum absolute atomic E-state index is 12.4. The minimum Gasteiger partial charge on any atom is -0.331 e. The van der Waals surface area contributed by atoms with Crippen molar-refractivity contribution in [2.75, 3.05) is 11.9 Å². The molecule has 0 bridgehead atoms. The molecule has 122 valence electrons. The van der Waals surface area contributed by atoms with Crippen molar-refractivity contribution in [3.05, 3.63) is 28.7 Å². The molecule has 7 nitrogen and oxygen atoms in total. The molecule has 1 saturated heterocycles. The van der Waals surface area contributed by atoms with Gasteiger partial charge in [0.2, 0.25) is 11.8 Å². The fourth-order valence-corrected chi connectivity index (χ4v) is 3.23. The molecule has 1 N–H and O–H groups in total. The quantitative estimate of drug-likeness (QED) is 0.891. The minimum atomic E-state index is -0.414. The van der Waals surface area contributed by atoms with E-state index in [1.165, 1.54) is 6.92 Å². The van der Waals surface area contributed by atoms with Crippen molar-refractivity contribution in [3.8, 4) is 0 Å². The number of aromatic nitrogens is 2. The van der Waals surface area contributed by atoms with E-state index >= 15 is 0 Å². The summed E-state index contributed by atoms with van der Waals surface area (Å²) in [7, 11) is 3.41. The van der Waals surface area contributed by atoms with E-state index in [-0.39, 0.29) is 17.5 Å². The molecule has 1 fully saturated rings. The molecule has 3 rings (SSSR count). The van der Waals surface area contributed by atoms with E-state index in [4.69, 9.17) is 0 Å². The van der Waals surface area contributed by atoms with Gasteiger partial charge in [-0.15, -0.1) is 0 Å². The van der Waals surface area contributed by atoms with Crippen molar-refractivity contribution in [2.24, 2.45) is 14.1 Å². The molecular formula is C16H20N4O3. The lowest BCUT2D eigenvalue weighted by atomic mass is 10.2. The van der Waals surface area contributed by atoms with Crippen LogP contribution in [0.4, 0.5) is 5.69 Å². The van der Waals surface area contributed by atoms with Gasteiger partial charge in [-0.05, 0) is 31.0 Å². The van der Waals surface area contributed by atoms with E-state index in [1.54, 1.807) is 40.3 Å². The molecule has 0 radical (unpaired) electrons. The number of fused-ring (bicyclic) bond motifs is 1. The summed E-state index contributed by atoms with van der Waals surface area (Å²) in [5.74, 6) is -0.262. The maximum atomic E-state index is 12.4. The number of nitrogens with zero attached hydrogens (tertiary/aromatic N) is 3. The highest BCUT2D eigenvalue weighted by Gasteiger charge is 2.32. The number of anilines is 1. The lowest BCUT2D eigenvalue weighted by molar-refractivity contribution is -0.134. The first-order chi connectivity index (χ1) is 10.9. The lowest BCUT2D eigenvalue weighted by Gasteiger charge is -2.22. The molecule has 1 aromatic heterocycles. The van der Waals surface area contributed by atoms with Crippen LogP contribution in [0.5, 0.6) is 0 Å². The number of benzene rings is 1. The Hall–Kier alpha value is -2.57. The van der Waals surface area contributed by atoms with Gasteiger partial charge in [-0.2, -0.15) is 0 Å². The highest BCUT2D eigenvalue weighted by atomic mass is 16.2. The number of likely N-dealkylation sites (tertiary alicyclic amines) is 1. The summed E-state index contributed by atoms with van der Waals surface area (Å²) in [5.41, 5.74) is 2.08. The average Bonchev–Trinajstić information content (AvgIpc) is 3.09. The highest BCUT2D eigenvalue weighted by molar-refractivity contribution is 5.98. The van der Waals surface area contributed by atoms with Gasteiger partial charge < -0.3 is 10.2 Å². The third-order valence-electron chi connectivity index (χ3n) is 4.50. The molecule has 2 aromatic rings. The Labute approximate surface area is 133 Å². The minimum absolute atomic E-state index is 0.0800. The Morgan fingerprint density at radius 1 is 1.17 bits per heavy atom. The number of amides is 2. The molecular weight excluding hydrogens is 296 g/mol. The third-order valence-corrected chi connectivity index (χ3v) is 4.50. The molecule has 23 heavy (non-hydrogen) atoms. The molecule has 1 atom stereocenters. The van der Waals surface area contributed by atoms with Crippen molar-refractivity contribution in [3.63, 3.8) is 0 Å². The summed E-state index contributed by atoms with van der Waals surface area (Å²) in [6, 6.07) is 4.95. The summed E-state index contributed by atoms with van der Waals surface area (Å²) in [5, 5.41) is 2.86. The summed E-state index contributed by atoms with van der Waals surface area (Å²) < 4.78 is 3.11. The predicted octanol–water partition coefficient (Wildman–Crippen LogP) is 0.826. The van der Waals surface area contributed by atoms with Crippen LogP contribution in [0.1, 0.15) is 19.8 Å². The Morgan fingerprint density at radius 3 is 2.57 bits per heavy atom. The second kappa shape index (κ2) is 5.57. The number of carbonyl (C=O) groups excluding carboxylic acids is 2. The zero-order valence-corrected chi connectivity index (χ0v) is 13.5. The van der Waals surface area contributed by atoms with Gasteiger partial charge >= 0.3 is 5.69 Å². The van der Waals surface area contributed by atoms with E-state index < -0.39 is 6.04 Å². The van der Waals surface area contributed by atoms with Gasteiger partial charge in [0, 0.05) is 33.3 Å². The van der Waals surface area contributed by atoms with Gasteiger partial charge in [-0.25, -0.2) is 4.79 Å². The van der Waals surface area contributed by atoms with Gasteiger partial charge in [0.25, 0.3) is 0 Å². The zero-order chi connectivity index (χ0) is 16.7. The molecule has 1 unspecified atom stereocenters.